The van der Waals surface area contributed by atoms with Gasteiger partial charge in [0.25, 0.3) is 0 Å². The monoisotopic (exact) mass is 742 g/mol. The predicted octanol–water partition coefficient (Wildman–Crippen LogP) is 11.4. The van der Waals surface area contributed by atoms with Crippen molar-refractivity contribution in [1.29, 1.82) is 0 Å². The van der Waals surface area contributed by atoms with E-state index in [1.807, 2.05) is 0 Å². The lowest BCUT2D eigenvalue weighted by molar-refractivity contribution is -0.161. The molecule has 0 saturated heterocycles. The van der Waals surface area contributed by atoms with Crippen LogP contribution in [0.1, 0.15) is 181 Å². The van der Waals surface area contributed by atoms with Crippen LogP contribution >= 0.6 is 7.82 Å². The lowest BCUT2D eigenvalue weighted by Gasteiger charge is -2.19. The number of rotatable bonds is 38. The van der Waals surface area contributed by atoms with Crippen molar-refractivity contribution in [3.63, 3.8) is 0 Å². The summed E-state index contributed by atoms with van der Waals surface area (Å²) >= 11 is 0. The van der Waals surface area contributed by atoms with Crippen molar-refractivity contribution in [2.75, 3.05) is 26.4 Å². The second kappa shape index (κ2) is 38.0. The number of unbranched alkanes of at least 4 members (excludes halogenated alkanes) is 19. The van der Waals surface area contributed by atoms with E-state index < -0.39 is 32.5 Å². The van der Waals surface area contributed by atoms with Crippen LogP contribution in [0.5, 0.6) is 0 Å². The number of allylic oxidation sites excluding steroid dienone is 6. The third-order valence-corrected chi connectivity index (χ3v) is 9.52. The van der Waals surface area contributed by atoms with E-state index in [2.05, 4.69) is 50.3 Å². The molecule has 10 heteroatoms. The van der Waals surface area contributed by atoms with Crippen LogP contribution in [0.3, 0.4) is 0 Å². The van der Waals surface area contributed by atoms with Gasteiger partial charge < -0.3 is 20.1 Å². The summed E-state index contributed by atoms with van der Waals surface area (Å²) in [5.41, 5.74) is 5.34. The first kappa shape index (κ1) is 49.2. The first-order valence-corrected chi connectivity index (χ1v) is 22.0. The van der Waals surface area contributed by atoms with E-state index >= 15 is 0 Å². The van der Waals surface area contributed by atoms with E-state index in [0.29, 0.717) is 6.42 Å². The molecule has 0 aromatic rings. The van der Waals surface area contributed by atoms with Crippen molar-refractivity contribution in [2.45, 2.75) is 187 Å². The second-order valence-electron chi connectivity index (χ2n) is 13.5. The second-order valence-corrected chi connectivity index (χ2v) is 14.9. The lowest BCUT2D eigenvalue weighted by Crippen LogP contribution is -2.29. The minimum Gasteiger partial charge on any atom is -0.462 e. The molecule has 0 aliphatic rings. The van der Waals surface area contributed by atoms with Crippen LogP contribution in [-0.2, 0) is 32.7 Å². The molecule has 0 aromatic heterocycles. The molecule has 0 spiro atoms. The maximum Gasteiger partial charge on any atom is 0.472 e. The van der Waals surface area contributed by atoms with Gasteiger partial charge >= 0.3 is 19.8 Å². The molecule has 0 amide bonds. The van der Waals surface area contributed by atoms with Crippen molar-refractivity contribution in [3.05, 3.63) is 36.5 Å². The highest BCUT2D eigenvalue weighted by atomic mass is 31.2. The highest BCUT2D eigenvalue weighted by Crippen LogP contribution is 2.43. The Bertz CT molecular complexity index is 939. The van der Waals surface area contributed by atoms with Gasteiger partial charge in [-0.3, -0.25) is 18.6 Å². The van der Waals surface area contributed by atoms with Crippen molar-refractivity contribution < 1.29 is 37.6 Å². The molecular weight excluding hydrogens is 665 g/mol. The lowest BCUT2D eigenvalue weighted by atomic mass is 10.0. The molecule has 0 aliphatic carbocycles. The molecule has 2 atom stereocenters. The Morgan fingerprint density at radius 3 is 1.61 bits per heavy atom. The van der Waals surface area contributed by atoms with Gasteiger partial charge in [0.15, 0.2) is 6.10 Å². The summed E-state index contributed by atoms with van der Waals surface area (Å²) in [6, 6.07) is 0. The zero-order chi connectivity index (χ0) is 37.5. The van der Waals surface area contributed by atoms with Gasteiger partial charge in [-0.2, -0.15) is 0 Å². The van der Waals surface area contributed by atoms with Gasteiger partial charge in [0.1, 0.15) is 6.61 Å². The zero-order valence-corrected chi connectivity index (χ0v) is 33.5. The molecule has 1 unspecified atom stereocenters. The van der Waals surface area contributed by atoms with Gasteiger partial charge in [0.05, 0.1) is 13.2 Å². The van der Waals surface area contributed by atoms with Crippen LogP contribution in [0.2, 0.25) is 0 Å². The highest BCUT2D eigenvalue weighted by Gasteiger charge is 2.26. The van der Waals surface area contributed by atoms with E-state index in [-0.39, 0.29) is 32.6 Å². The van der Waals surface area contributed by atoms with Gasteiger partial charge in [0, 0.05) is 19.4 Å². The average molecular weight is 742 g/mol. The number of phosphoric acid groups is 1. The Labute approximate surface area is 312 Å². The first-order chi connectivity index (χ1) is 24.8. The number of nitrogens with two attached hydrogens (primary N) is 1. The number of hydrogen-bond donors (Lipinski definition) is 2. The van der Waals surface area contributed by atoms with E-state index in [0.717, 1.165) is 64.2 Å². The molecule has 0 bridgehead atoms. The fraction of sp³-hybridized carbons (Fsp3) is 0.805. The third-order valence-electron chi connectivity index (χ3n) is 8.54. The van der Waals surface area contributed by atoms with Crippen molar-refractivity contribution >= 4 is 19.8 Å². The Balaban J connectivity index is 4.17. The smallest absolute Gasteiger partial charge is 0.462 e. The maximum atomic E-state index is 12.5. The van der Waals surface area contributed by atoms with Crippen LogP contribution in [0, 0.1) is 0 Å². The van der Waals surface area contributed by atoms with Crippen LogP contribution in [0.25, 0.3) is 0 Å². The molecule has 298 valence electrons. The molecular formula is C41H76NO8P. The molecule has 0 aliphatic heterocycles. The number of carbonyl (C=O) groups is 2. The highest BCUT2D eigenvalue weighted by molar-refractivity contribution is 7.47. The number of esters is 2. The minimum atomic E-state index is -4.37. The van der Waals surface area contributed by atoms with Crippen LogP contribution in [0.4, 0.5) is 0 Å². The van der Waals surface area contributed by atoms with E-state index in [4.69, 9.17) is 24.3 Å². The fourth-order valence-electron chi connectivity index (χ4n) is 5.53. The average Bonchev–Trinajstić information content (AvgIpc) is 3.11. The van der Waals surface area contributed by atoms with Gasteiger partial charge in [0.2, 0.25) is 0 Å². The van der Waals surface area contributed by atoms with Gasteiger partial charge in [-0.25, -0.2) is 4.57 Å². The van der Waals surface area contributed by atoms with E-state index in [1.54, 1.807) is 0 Å². The summed E-state index contributed by atoms with van der Waals surface area (Å²) in [6.45, 7) is 3.61. The Hall–Kier alpha value is -1.77. The van der Waals surface area contributed by atoms with Crippen molar-refractivity contribution in [3.8, 4) is 0 Å². The predicted molar refractivity (Wildman–Crippen MR) is 210 cm³/mol. The Morgan fingerprint density at radius 1 is 0.608 bits per heavy atom. The summed E-state index contributed by atoms with van der Waals surface area (Å²) < 4.78 is 32.7. The van der Waals surface area contributed by atoms with Gasteiger partial charge in [-0.05, 0) is 44.9 Å². The van der Waals surface area contributed by atoms with Gasteiger partial charge in [-0.1, -0.05) is 159 Å². The van der Waals surface area contributed by atoms with Gasteiger partial charge in [-0.15, -0.1) is 0 Å². The first-order valence-electron chi connectivity index (χ1n) is 20.5. The maximum absolute atomic E-state index is 12.5. The molecule has 0 saturated carbocycles. The standard InChI is InChI=1S/C41H76NO8P/c1-3-5-7-9-11-13-15-17-18-19-20-22-23-25-27-29-31-33-40(43)47-37-39(38-49-51(45,46)48-36-35-42)50-41(44)34-32-30-28-26-24-21-16-14-12-10-8-6-4-2/h5,7,11,13,17-18,39H,3-4,6,8-10,12,14-16,19-38,42H2,1-2H3,(H,45,46)/b7-5-,13-11-,18-17-/t39-/m1/s1. The number of carbonyl (C=O) groups excluding carboxylic acids is 2. The summed E-state index contributed by atoms with van der Waals surface area (Å²) in [5.74, 6) is -0.837. The SMILES string of the molecule is CC/C=C\C/C=C\C/C=C\CCCCCCCCCC(=O)OC[C@H](COP(=O)(O)OCCN)OC(=O)CCCCCCCCCCCCCCC. The molecule has 9 nitrogen and oxygen atoms in total. The molecule has 0 rings (SSSR count). The summed E-state index contributed by atoms with van der Waals surface area (Å²) in [5, 5.41) is 0. The molecule has 0 fully saturated rings. The molecule has 3 N–H and O–H groups in total. The largest absolute Gasteiger partial charge is 0.472 e. The zero-order valence-electron chi connectivity index (χ0n) is 32.6. The number of hydrogen-bond acceptors (Lipinski definition) is 8. The summed E-state index contributed by atoms with van der Waals surface area (Å²) in [7, 11) is -4.37. The van der Waals surface area contributed by atoms with Crippen molar-refractivity contribution in [1.82, 2.24) is 0 Å². The van der Waals surface area contributed by atoms with E-state index in [9.17, 15) is 19.0 Å². The molecule has 0 radical (unpaired) electrons. The fourth-order valence-corrected chi connectivity index (χ4v) is 6.30. The minimum absolute atomic E-state index is 0.0524. The number of phosphoric ester groups is 1. The topological polar surface area (TPSA) is 134 Å². The number of ether oxygens (including phenoxy) is 2. The van der Waals surface area contributed by atoms with Crippen LogP contribution in [0.15, 0.2) is 36.5 Å². The summed E-state index contributed by atoms with van der Waals surface area (Å²) in [6.07, 6.45) is 40.3. The molecule has 0 aromatic carbocycles. The summed E-state index contributed by atoms with van der Waals surface area (Å²) in [4.78, 5) is 34.8. The quantitative estimate of drug-likeness (QED) is 0.0274. The van der Waals surface area contributed by atoms with E-state index in [1.165, 1.54) is 83.5 Å². The molecule has 0 heterocycles. The Morgan fingerprint density at radius 2 is 1.08 bits per heavy atom. The normalized spacial score (nSPS) is 13.7. The Kier molecular flexibility index (Phi) is 36.7. The van der Waals surface area contributed by atoms with Crippen molar-refractivity contribution in [2.24, 2.45) is 5.73 Å². The van der Waals surface area contributed by atoms with Crippen LogP contribution in [-0.4, -0.2) is 49.3 Å². The molecule has 51 heavy (non-hydrogen) atoms. The third kappa shape index (κ3) is 37.8. The van der Waals surface area contributed by atoms with Crippen LogP contribution < -0.4 is 5.73 Å².